The Bertz CT molecular complexity index is 671. The largest absolute Gasteiger partial charge is 0.370 e. The van der Waals surface area contributed by atoms with E-state index in [0.29, 0.717) is 18.1 Å². The summed E-state index contributed by atoms with van der Waals surface area (Å²) >= 11 is 1.29. The Morgan fingerprint density at radius 2 is 2.25 bits per heavy atom. The molecule has 1 fully saturated rings. The van der Waals surface area contributed by atoms with Crippen molar-refractivity contribution >= 4 is 17.7 Å². The van der Waals surface area contributed by atoms with Crippen LogP contribution in [0.3, 0.4) is 0 Å². The number of nitrogens with one attached hydrogen (secondary N) is 2. The Kier molecular flexibility index (Phi) is 5.81. The average molecular weight is 350 g/mol. The normalized spacial score (nSPS) is 17.1. The van der Waals surface area contributed by atoms with Gasteiger partial charge in [0.15, 0.2) is 5.82 Å². The highest BCUT2D eigenvalue weighted by Gasteiger charge is 2.21. The molecular formula is C16H19FN4O2S. The van der Waals surface area contributed by atoms with Crippen molar-refractivity contribution in [3.63, 3.8) is 0 Å². The lowest BCUT2D eigenvalue weighted by atomic mass is 10.1. The van der Waals surface area contributed by atoms with Crippen LogP contribution in [-0.4, -0.2) is 40.0 Å². The molecule has 3 rings (SSSR count). The fourth-order valence-electron chi connectivity index (χ4n) is 2.44. The van der Waals surface area contributed by atoms with Crippen LogP contribution < -0.4 is 5.32 Å². The maximum atomic E-state index is 12.8. The molecule has 0 spiro atoms. The number of rotatable bonds is 7. The van der Waals surface area contributed by atoms with Gasteiger partial charge < -0.3 is 10.1 Å². The number of aromatic amines is 1. The van der Waals surface area contributed by atoms with Crippen LogP contribution >= 0.6 is 11.8 Å². The van der Waals surface area contributed by atoms with Gasteiger partial charge in [-0.3, -0.25) is 9.89 Å². The Hall–Kier alpha value is -1.93. The molecule has 0 aliphatic carbocycles. The second-order valence-electron chi connectivity index (χ2n) is 5.52. The fraction of sp³-hybridized carbons (Fsp3) is 0.438. The van der Waals surface area contributed by atoms with E-state index in [0.717, 1.165) is 30.8 Å². The molecule has 1 atom stereocenters. The molecule has 24 heavy (non-hydrogen) atoms. The van der Waals surface area contributed by atoms with E-state index in [1.165, 1.54) is 23.9 Å². The maximum Gasteiger partial charge on any atom is 0.230 e. The van der Waals surface area contributed by atoms with Gasteiger partial charge in [-0.2, -0.15) is 0 Å². The van der Waals surface area contributed by atoms with Gasteiger partial charge in [0.05, 0.1) is 5.75 Å². The summed E-state index contributed by atoms with van der Waals surface area (Å²) in [6.07, 6.45) is 2.64. The molecule has 1 aromatic carbocycles. The second kappa shape index (κ2) is 8.25. The van der Waals surface area contributed by atoms with Crippen molar-refractivity contribution in [3.8, 4) is 0 Å². The number of ether oxygens (including phenoxy) is 1. The van der Waals surface area contributed by atoms with E-state index in [1.54, 1.807) is 12.1 Å². The molecule has 2 N–H and O–H groups in total. The van der Waals surface area contributed by atoms with E-state index >= 15 is 0 Å². The van der Waals surface area contributed by atoms with Crippen LogP contribution in [0.2, 0.25) is 0 Å². The lowest BCUT2D eigenvalue weighted by molar-refractivity contribution is -0.118. The lowest BCUT2D eigenvalue weighted by Crippen LogP contribution is -2.27. The molecular weight excluding hydrogens is 331 g/mol. The number of H-pyrrole nitrogens is 1. The highest BCUT2D eigenvalue weighted by molar-refractivity contribution is 7.99. The number of thioether (sulfide) groups is 1. The number of carbonyl (C=O) groups excluding carboxylic acids is 1. The van der Waals surface area contributed by atoms with Gasteiger partial charge in [0.25, 0.3) is 0 Å². The van der Waals surface area contributed by atoms with E-state index in [-0.39, 0.29) is 23.6 Å². The smallest absolute Gasteiger partial charge is 0.230 e. The Balaban J connectivity index is 1.37. The highest BCUT2D eigenvalue weighted by Crippen LogP contribution is 2.26. The third-order valence-corrected chi connectivity index (χ3v) is 4.55. The van der Waals surface area contributed by atoms with Crippen molar-refractivity contribution in [1.29, 1.82) is 0 Å². The Labute approximate surface area is 143 Å². The monoisotopic (exact) mass is 350 g/mol. The second-order valence-corrected chi connectivity index (χ2v) is 6.46. The first-order valence-corrected chi connectivity index (χ1v) is 8.87. The van der Waals surface area contributed by atoms with Gasteiger partial charge in [-0.15, -0.1) is 5.10 Å². The number of hydrogen-bond donors (Lipinski definition) is 2. The SMILES string of the molecule is O=C(CSc1n[nH]c(C2CCCO2)n1)NCCc1ccc(F)cc1. The minimum absolute atomic E-state index is 0.00335. The van der Waals surface area contributed by atoms with E-state index in [9.17, 15) is 9.18 Å². The third-order valence-electron chi connectivity index (χ3n) is 3.70. The minimum atomic E-state index is -0.256. The van der Waals surface area contributed by atoms with Gasteiger partial charge in [0, 0.05) is 13.2 Å². The molecule has 2 aromatic rings. The summed E-state index contributed by atoms with van der Waals surface area (Å²) in [4.78, 5) is 16.2. The zero-order chi connectivity index (χ0) is 16.8. The van der Waals surface area contributed by atoms with Crippen LogP contribution in [-0.2, 0) is 16.0 Å². The summed E-state index contributed by atoms with van der Waals surface area (Å²) < 4.78 is 18.3. The van der Waals surface area contributed by atoms with Crippen LogP contribution in [0, 0.1) is 5.82 Å². The molecule has 0 saturated carbocycles. The molecule has 128 valence electrons. The van der Waals surface area contributed by atoms with Gasteiger partial charge in [0.1, 0.15) is 11.9 Å². The zero-order valence-electron chi connectivity index (χ0n) is 13.1. The number of hydrogen-bond acceptors (Lipinski definition) is 5. The Morgan fingerprint density at radius 3 is 3.00 bits per heavy atom. The number of nitrogens with zero attached hydrogens (tertiary/aromatic N) is 2. The van der Waals surface area contributed by atoms with Crippen molar-refractivity contribution in [2.45, 2.75) is 30.5 Å². The summed E-state index contributed by atoms with van der Waals surface area (Å²) in [5.41, 5.74) is 0.986. The minimum Gasteiger partial charge on any atom is -0.370 e. The standard InChI is InChI=1S/C16H19FN4O2S/c17-12-5-3-11(4-6-12)7-8-18-14(22)10-24-16-19-15(20-21-16)13-2-1-9-23-13/h3-6,13H,1-2,7-10H2,(H,18,22)(H,19,20,21). The highest BCUT2D eigenvalue weighted by atomic mass is 32.2. The lowest BCUT2D eigenvalue weighted by Gasteiger charge is -2.04. The number of amides is 1. The molecule has 1 aliphatic heterocycles. The fourth-order valence-corrected chi connectivity index (χ4v) is 3.07. The van der Waals surface area contributed by atoms with Crippen molar-refractivity contribution in [1.82, 2.24) is 20.5 Å². The van der Waals surface area contributed by atoms with Gasteiger partial charge >= 0.3 is 0 Å². The van der Waals surface area contributed by atoms with Gasteiger partial charge in [-0.1, -0.05) is 23.9 Å². The van der Waals surface area contributed by atoms with Crippen LogP contribution in [0.4, 0.5) is 4.39 Å². The van der Waals surface area contributed by atoms with Crippen molar-refractivity contribution in [2.24, 2.45) is 0 Å². The van der Waals surface area contributed by atoms with E-state index in [2.05, 4.69) is 20.5 Å². The first kappa shape index (κ1) is 16.9. The summed E-state index contributed by atoms with van der Waals surface area (Å²) in [5, 5.41) is 10.4. The first-order chi connectivity index (χ1) is 11.7. The predicted molar refractivity (Wildman–Crippen MR) is 88.1 cm³/mol. The summed E-state index contributed by atoms with van der Waals surface area (Å²) in [6, 6.07) is 6.27. The first-order valence-electron chi connectivity index (χ1n) is 7.88. The summed E-state index contributed by atoms with van der Waals surface area (Å²) in [6.45, 7) is 1.27. The van der Waals surface area contributed by atoms with Gasteiger partial charge in [-0.05, 0) is 37.0 Å². The molecule has 1 saturated heterocycles. The Morgan fingerprint density at radius 1 is 1.42 bits per heavy atom. The third kappa shape index (κ3) is 4.78. The van der Waals surface area contributed by atoms with Crippen LogP contribution in [0.15, 0.2) is 29.4 Å². The van der Waals surface area contributed by atoms with Gasteiger partial charge in [0.2, 0.25) is 11.1 Å². The average Bonchev–Trinajstić information content (AvgIpc) is 3.26. The zero-order valence-corrected chi connectivity index (χ0v) is 13.9. The van der Waals surface area contributed by atoms with E-state index < -0.39 is 0 Å². The molecule has 1 aromatic heterocycles. The van der Waals surface area contributed by atoms with Crippen LogP contribution in [0.25, 0.3) is 0 Å². The molecule has 0 radical (unpaired) electrons. The van der Waals surface area contributed by atoms with Gasteiger partial charge in [-0.25, -0.2) is 9.37 Å². The molecule has 2 heterocycles. The van der Waals surface area contributed by atoms with Crippen molar-refractivity contribution in [2.75, 3.05) is 18.9 Å². The number of halogens is 1. The quantitative estimate of drug-likeness (QED) is 0.749. The van der Waals surface area contributed by atoms with E-state index in [1.807, 2.05) is 0 Å². The topological polar surface area (TPSA) is 79.9 Å². The van der Waals surface area contributed by atoms with Crippen LogP contribution in [0.1, 0.15) is 30.3 Å². The van der Waals surface area contributed by atoms with E-state index in [4.69, 9.17) is 4.74 Å². The molecule has 1 aliphatic rings. The van der Waals surface area contributed by atoms with Crippen LogP contribution in [0.5, 0.6) is 0 Å². The molecule has 1 amide bonds. The van der Waals surface area contributed by atoms with Crippen molar-refractivity contribution < 1.29 is 13.9 Å². The number of carbonyl (C=O) groups is 1. The number of aromatic nitrogens is 3. The predicted octanol–water partition coefficient (Wildman–Crippen LogP) is 2.25. The molecule has 1 unspecified atom stereocenters. The van der Waals surface area contributed by atoms with Crippen molar-refractivity contribution in [3.05, 3.63) is 41.5 Å². The molecule has 8 heteroatoms. The summed E-state index contributed by atoms with van der Waals surface area (Å²) in [5.74, 6) is 0.650. The molecule has 6 nitrogen and oxygen atoms in total. The maximum absolute atomic E-state index is 12.8. The number of benzene rings is 1. The summed E-state index contributed by atoms with van der Waals surface area (Å²) in [7, 11) is 0. The molecule has 0 bridgehead atoms.